The van der Waals surface area contributed by atoms with Crippen molar-refractivity contribution in [1.82, 2.24) is 54.4 Å². The molecule has 9 heterocycles. The van der Waals surface area contributed by atoms with Crippen LogP contribution >= 0.6 is 34.2 Å². The number of aromatic nitrogens is 8. The van der Waals surface area contributed by atoms with Crippen LogP contribution in [-0.4, -0.2) is 153 Å². The van der Waals surface area contributed by atoms with Crippen molar-refractivity contribution in [3.8, 4) is 11.1 Å². The van der Waals surface area contributed by atoms with Gasteiger partial charge >= 0.3 is 12.2 Å². The summed E-state index contributed by atoms with van der Waals surface area (Å²) in [4.78, 5) is 63.6. The van der Waals surface area contributed by atoms with Crippen LogP contribution in [0.5, 0.6) is 0 Å². The van der Waals surface area contributed by atoms with E-state index in [-0.39, 0.29) is 48.8 Å². The van der Waals surface area contributed by atoms with E-state index in [4.69, 9.17) is 50.5 Å². The van der Waals surface area contributed by atoms with Crippen molar-refractivity contribution < 1.29 is 33.3 Å². The molecule has 3 amide bonds. The molecule has 20 nitrogen and oxygen atoms in total. The maximum atomic E-state index is 12.5. The normalized spacial score (nSPS) is 20.9. The number of piperidine rings is 2. The molecule has 0 radical (unpaired) electrons. The van der Waals surface area contributed by atoms with Gasteiger partial charge in [0.25, 0.3) is 0 Å². The summed E-state index contributed by atoms with van der Waals surface area (Å²) in [5.41, 5.74) is 4.64. The van der Waals surface area contributed by atoms with Crippen LogP contribution in [-0.2, 0) is 43.7 Å². The molecule has 4 aliphatic heterocycles. The first-order chi connectivity index (χ1) is 39.0. The third kappa shape index (κ3) is 15.7. The molecule has 83 heavy (non-hydrogen) atoms. The van der Waals surface area contributed by atoms with Crippen molar-refractivity contribution >= 4 is 113 Å². The summed E-state index contributed by atoms with van der Waals surface area (Å²) in [6.45, 7) is 27.9. The number of alkyl carbamates (subject to hydrolysis) is 2. The van der Waals surface area contributed by atoms with E-state index in [0.717, 1.165) is 124 Å². The van der Waals surface area contributed by atoms with Gasteiger partial charge in [-0.05, 0) is 134 Å². The zero-order valence-electron chi connectivity index (χ0n) is 51.1. The van der Waals surface area contributed by atoms with E-state index in [1.807, 2.05) is 83.0 Å². The van der Waals surface area contributed by atoms with Crippen molar-refractivity contribution in [1.29, 1.82) is 0 Å². The summed E-state index contributed by atoms with van der Waals surface area (Å²) in [6, 6.07) is 7.46. The number of fused-ring (bicyclic) bond motifs is 7. The number of rotatable bonds is 17. The Hall–Kier alpha value is -5.09. The lowest BCUT2D eigenvalue weighted by atomic mass is 9.97. The first-order valence-corrected chi connectivity index (χ1v) is 38.3. The number of hydrogen-bond acceptors (Lipinski definition) is 14. The highest BCUT2D eigenvalue weighted by molar-refractivity contribution is 14.1. The maximum absolute atomic E-state index is 12.5. The number of anilines is 2. The number of hydrogen-bond donors (Lipinski definition) is 2. The van der Waals surface area contributed by atoms with Crippen LogP contribution in [0.1, 0.15) is 92.9 Å². The second-order valence-corrected chi connectivity index (χ2v) is 40.4. The number of halogens is 2. The molecule has 6 aromatic rings. The van der Waals surface area contributed by atoms with E-state index >= 15 is 0 Å². The van der Waals surface area contributed by atoms with E-state index in [2.05, 4.69) is 98.2 Å². The van der Waals surface area contributed by atoms with Gasteiger partial charge in [-0.1, -0.05) is 56.9 Å². The number of carbonyl (C=O) groups is 3. The summed E-state index contributed by atoms with van der Waals surface area (Å²) < 4.78 is 30.0. The highest BCUT2D eigenvalue weighted by Gasteiger charge is 2.44. The largest absolute Gasteiger partial charge is 0.444 e. The SMILES string of the molecule is CC(C)(C)OC(=O)NC1C[C@H]2CC[C@@H](C1)N2c1cnc2c(I)cn(COCC[Si](C)(C)C)c2n1.CN(C)C(=O)Cn1cc2c(Cl)c(-c3cn(COCC[Si](C)(C)C)c4nc(N5[C@@H]6CC[C@H]5CC(NC(=O)OC(C)(C)C)C6)cnc34)ccc2n1. The highest BCUT2D eigenvalue weighted by Crippen LogP contribution is 2.43. The quantitative estimate of drug-likeness (QED) is 0.0496. The number of nitrogens with one attached hydrogen (secondary N) is 2. The molecule has 5 aromatic heterocycles. The Morgan fingerprint density at radius 1 is 0.675 bits per heavy atom. The van der Waals surface area contributed by atoms with Crippen molar-refractivity contribution in [2.75, 3.05) is 37.1 Å². The molecule has 4 fully saturated rings. The monoisotopic (exact) mass is 1310 g/mol. The molecule has 1 aromatic carbocycles. The summed E-state index contributed by atoms with van der Waals surface area (Å²) in [6.07, 6.45) is 16.7. The van der Waals surface area contributed by atoms with Gasteiger partial charge in [-0.15, -0.1) is 0 Å². The number of amides is 3. The van der Waals surface area contributed by atoms with Crippen molar-refractivity contribution in [3.05, 3.63) is 51.7 Å². The van der Waals surface area contributed by atoms with Crippen LogP contribution in [0.3, 0.4) is 0 Å². The lowest BCUT2D eigenvalue weighted by Crippen LogP contribution is -2.51. The van der Waals surface area contributed by atoms with Gasteiger partial charge in [0, 0.05) is 115 Å². The van der Waals surface area contributed by atoms with Gasteiger partial charge in [0.05, 0.1) is 26.5 Å². The fraction of sp³-hybridized carbons (Fsp3) is 0.627. The molecule has 24 heteroatoms. The second-order valence-electron chi connectivity index (χ2n) is 27.6. The predicted octanol–water partition coefficient (Wildman–Crippen LogP) is 11.9. The number of benzene rings is 1. The van der Waals surface area contributed by atoms with Gasteiger partial charge in [-0.3, -0.25) is 9.48 Å². The standard InChI is InChI=1S/C35H49ClN8O4Si.C24H38IN5O3Si/c1-35(2,3)48-34(46)38-22-15-23-9-10-24(16-22)44(23)29-17-37-32-26(18-42(33(32)39-29)21-47-13-14-49(6,7)8)25-11-12-28-27(31(25)36)19-43(40-28)20-30(45)41(4)5;1-24(2,3)33-23(31)27-16-11-17-7-8-18(12-16)30(17)20-13-26-21-19(25)14-29(22(21)28-20)15-32-9-10-34(4,5)6/h11-12,17-19,22-24H,9-10,13-16,20-21H2,1-8H3,(H,38,46);13-14,16-18H,7-12,15H2,1-6H3,(H,27,31)/t22?,23-,24+;16?,17-,18+. The lowest BCUT2D eigenvalue weighted by Gasteiger charge is -2.40. The van der Waals surface area contributed by atoms with Crippen LogP contribution in [0.15, 0.2) is 43.1 Å². The van der Waals surface area contributed by atoms with Crippen LogP contribution < -0.4 is 20.4 Å². The van der Waals surface area contributed by atoms with Crippen LogP contribution in [0.4, 0.5) is 21.2 Å². The molecule has 4 aliphatic rings. The minimum atomic E-state index is -1.26. The smallest absolute Gasteiger partial charge is 0.407 e. The Morgan fingerprint density at radius 3 is 1.59 bits per heavy atom. The zero-order chi connectivity index (χ0) is 59.9. The summed E-state index contributed by atoms with van der Waals surface area (Å²) in [7, 11) is 1.07. The van der Waals surface area contributed by atoms with E-state index in [9.17, 15) is 14.4 Å². The molecule has 4 saturated heterocycles. The van der Waals surface area contributed by atoms with Gasteiger partial charge in [0.15, 0.2) is 11.3 Å². The molecule has 0 saturated carbocycles. The molecular weight excluding hydrogens is 1220 g/mol. The molecule has 6 atom stereocenters. The molecule has 0 spiro atoms. The van der Waals surface area contributed by atoms with Crippen LogP contribution in [0, 0.1) is 3.57 Å². The maximum Gasteiger partial charge on any atom is 0.407 e. The van der Waals surface area contributed by atoms with Crippen LogP contribution in [0.25, 0.3) is 44.4 Å². The minimum absolute atomic E-state index is 0.0515. The van der Waals surface area contributed by atoms with Gasteiger partial charge in [-0.2, -0.15) is 5.10 Å². The first-order valence-electron chi connectivity index (χ1n) is 29.4. The van der Waals surface area contributed by atoms with E-state index in [1.165, 1.54) is 0 Å². The fourth-order valence-corrected chi connectivity index (χ4v) is 14.3. The molecule has 452 valence electrons. The third-order valence-electron chi connectivity index (χ3n) is 15.7. The van der Waals surface area contributed by atoms with Crippen molar-refractivity contribution in [2.24, 2.45) is 0 Å². The minimum Gasteiger partial charge on any atom is -0.444 e. The molecule has 4 bridgehead atoms. The number of likely N-dealkylation sites (N-methyl/N-ethyl adjacent to an activating group) is 1. The van der Waals surface area contributed by atoms with Gasteiger partial charge in [0.2, 0.25) is 5.91 Å². The topological polar surface area (TPSA) is 201 Å². The summed E-state index contributed by atoms with van der Waals surface area (Å²) in [5.74, 6) is 1.70. The highest BCUT2D eigenvalue weighted by atomic mass is 127. The summed E-state index contributed by atoms with van der Waals surface area (Å²) in [5, 5.41) is 12.1. The van der Waals surface area contributed by atoms with Crippen LogP contribution in [0.2, 0.25) is 56.4 Å². The van der Waals surface area contributed by atoms with E-state index in [1.54, 1.807) is 23.7 Å². The fourth-order valence-electron chi connectivity index (χ4n) is 11.7. The Balaban J connectivity index is 0.000000213. The first kappa shape index (κ1) is 62.4. The number of carbonyl (C=O) groups excluding carboxylic acids is 3. The van der Waals surface area contributed by atoms with Gasteiger partial charge in [0.1, 0.15) is 53.9 Å². The second kappa shape index (κ2) is 25.1. The van der Waals surface area contributed by atoms with Gasteiger partial charge in [-0.25, -0.2) is 29.5 Å². The average molecular weight is 1310 g/mol. The Morgan fingerprint density at radius 2 is 1.13 bits per heavy atom. The van der Waals surface area contributed by atoms with Crippen molar-refractivity contribution in [2.45, 2.75) is 212 Å². The third-order valence-corrected chi connectivity index (χ3v) is 20.3. The average Bonchev–Trinajstić information content (AvgIpc) is 2.26. The zero-order valence-corrected chi connectivity index (χ0v) is 56.1. The van der Waals surface area contributed by atoms with E-state index in [0.29, 0.717) is 42.7 Å². The molecule has 2 unspecified atom stereocenters. The molecule has 0 aliphatic carbocycles. The van der Waals surface area contributed by atoms with Gasteiger partial charge < -0.3 is 53.4 Å². The molecule has 10 rings (SSSR count). The molecule has 2 N–H and O–H groups in total. The van der Waals surface area contributed by atoms with Crippen molar-refractivity contribution in [3.63, 3.8) is 0 Å². The Labute approximate surface area is 509 Å². The number of ether oxygens (including phenoxy) is 4. The number of nitrogens with zero attached hydrogens (tertiary/aromatic N) is 11. The predicted molar refractivity (Wildman–Crippen MR) is 342 cm³/mol. The summed E-state index contributed by atoms with van der Waals surface area (Å²) >= 11 is 9.40. The Kier molecular flexibility index (Phi) is 18.9. The Bertz CT molecular complexity index is 3280. The molecular formula is C59H87ClIN13O7Si2. The van der Waals surface area contributed by atoms with E-state index < -0.39 is 27.3 Å². The lowest BCUT2D eigenvalue weighted by molar-refractivity contribution is -0.129.